The lowest BCUT2D eigenvalue weighted by atomic mass is 10.2. The first-order valence-corrected chi connectivity index (χ1v) is 9.73. The van der Waals surface area contributed by atoms with Crippen LogP contribution < -0.4 is 0 Å². The number of ether oxygens (including phenoxy) is 2. The molecule has 1 aromatic carbocycles. The third-order valence-corrected chi connectivity index (χ3v) is 6.03. The Kier molecular flexibility index (Phi) is 5.45. The number of sulfonamides is 1. The molecule has 0 saturated carbocycles. The van der Waals surface area contributed by atoms with Gasteiger partial charge in [0, 0.05) is 13.1 Å². The zero-order valence-electron chi connectivity index (χ0n) is 14.7. The number of esters is 1. The number of hydrogen-bond donors (Lipinski definition) is 0. The molecular weight excluding hydrogens is 358 g/mol. The van der Waals surface area contributed by atoms with E-state index in [-0.39, 0.29) is 11.5 Å². The van der Waals surface area contributed by atoms with Crippen molar-refractivity contribution >= 4 is 16.0 Å². The SMILES string of the molecule is Cc1cc(C(=O)OCc2cccc(S(=O)(=O)N3CCOCC3)c2)c(C)o1. The highest BCUT2D eigenvalue weighted by Gasteiger charge is 2.26. The molecular formula is C18H21NO6S. The van der Waals surface area contributed by atoms with Crippen LogP contribution in [0.1, 0.15) is 27.4 Å². The molecule has 1 saturated heterocycles. The predicted octanol–water partition coefficient (Wildman–Crippen LogP) is 2.27. The Labute approximate surface area is 152 Å². The molecule has 0 amide bonds. The standard InChI is InChI=1S/C18H21NO6S/c1-13-10-17(14(2)25-13)18(20)24-12-15-4-3-5-16(11-15)26(21,22)19-6-8-23-9-7-19/h3-5,10-11H,6-9,12H2,1-2H3. The Morgan fingerprint density at radius 3 is 2.58 bits per heavy atom. The molecule has 0 bridgehead atoms. The molecule has 0 N–H and O–H groups in total. The van der Waals surface area contributed by atoms with Crippen molar-refractivity contribution in [2.75, 3.05) is 26.3 Å². The van der Waals surface area contributed by atoms with Crippen molar-refractivity contribution in [1.29, 1.82) is 0 Å². The first kappa shape index (κ1) is 18.6. The number of benzene rings is 1. The fraction of sp³-hybridized carbons (Fsp3) is 0.389. The highest BCUT2D eigenvalue weighted by molar-refractivity contribution is 7.89. The van der Waals surface area contributed by atoms with Crippen molar-refractivity contribution < 1.29 is 27.1 Å². The molecule has 2 heterocycles. The molecule has 26 heavy (non-hydrogen) atoms. The molecule has 1 aliphatic heterocycles. The highest BCUT2D eigenvalue weighted by atomic mass is 32.2. The number of morpholine rings is 1. The van der Waals surface area contributed by atoms with E-state index in [2.05, 4.69) is 0 Å². The molecule has 8 heteroatoms. The molecule has 3 rings (SSSR count). The summed E-state index contributed by atoms with van der Waals surface area (Å²) in [4.78, 5) is 12.3. The van der Waals surface area contributed by atoms with Gasteiger partial charge in [-0.05, 0) is 37.6 Å². The number of furan rings is 1. The van der Waals surface area contributed by atoms with Crippen molar-refractivity contribution in [2.24, 2.45) is 0 Å². The molecule has 1 aliphatic rings. The first-order valence-electron chi connectivity index (χ1n) is 8.29. The summed E-state index contributed by atoms with van der Waals surface area (Å²) in [5.41, 5.74) is 0.977. The van der Waals surface area contributed by atoms with Crippen LogP contribution in [0.2, 0.25) is 0 Å². The summed E-state index contributed by atoms with van der Waals surface area (Å²) in [7, 11) is -3.58. The second kappa shape index (κ2) is 7.61. The van der Waals surface area contributed by atoms with Gasteiger partial charge in [-0.2, -0.15) is 4.31 Å². The molecule has 140 valence electrons. The van der Waals surface area contributed by atoms with Gasteiger partial charge < -0.3 is 13.9 Å². The largest absolute Gasteiger partial charge is 0.466 e. The minimum atomic E-state index is -3.58. The monoisotopic (exact) mass is 379 g/mol. The Morgan fingerprint density at radius 1 is 1.19 bits per heavy atom. The molecule has 0 radical (unpaired) electrons. The molecule has 0 unspecified atom stereocenters. The maximum atomic E-state index is 12.7. The van der Waals surface area contributed by atoms with Gasteiger partial charge in [-0.3, -0.25) is 0 Å². The third-order valence-electron chi connectivity index (χ3n) is 4.14. The summed E-state index contributed by atoms with van der Waals surface area (Å²) in [5, 5.41) is 0. The molecule has 0 spiro atoms. The van der Waals surface area contributed by atoms with Crippen LogP contribution in [0.5, 0.6) is 0 Å². The highest BCUT2D eigenvalue weighted by Crippen LogP contribution is 2.20. The van der Waals surface area contributed by atoms with Crippen LogP contribution >= 0.6 is 0 Å². The van der Waals surface area contributed by atoms with Crippen LogP contribution in [-0.4, -0.2) is 45.0 Å². The fourth-order valence-corrected chi connectivity index (χ4v) is 4.27. The molecule has 1 fully saturated rings. The van der Waals surface area contributed by atoms with E-state index in [1.165, 1.54) is 10.4 Å². The second-order valence-electron chi connectivity index (χ2n) is 6.07. The molecule has 1 aromatic heterocycles. The third kappa shape index (κ3) is 3.98. The lowest BCUT2D eigenvalue weighted by Crippen LogP contribution is -2.40. The quantitative estimate of drug-likeness (QED) is 0.741. The van der Waals surface area contributed by atoms with E-state index in [9.17, 15) is 13.2 Å². The minimum absolute atomic E-state index is 0.0189. The van der Waals surface area contributed by atoms with Crippen molar-refractivity contribution in [3.05, 3.63) is 53.0 Å². The van der Waals surface area contributed by atoms with Gasteiger partial charge in [0.15, 0.2) is 0 Å². The van der Waals surface area contributed by atoms with Crippen molar-refractivity contribution in [3.8, 4) is 0 Å². The van der Waals surface area contributed by atoms with Crippen LogP contribution in [0, 0.1) is 13.8 Å². The average Bonchev–Trinajstić information content (AvgIpc) is 2.99. The lowest BCUT2D eigenvalue weighted by Gasteiger charge is -2.26. The summed E-state index contributed by atoms with van der Waals surface area (Å²) in [6.07, 6.45) is 0. The van der Waals surface area contributed by atoms with Gasteiger partial charge in [0.1, 0.15) is 23.7 Å². The van der Waals surface area contributed by atoms with Gasteiger partial charge in [-0.25, -0.2) is 13.2 Å². The van der Waals surface area contributed by atoms with Crippen LogP contribution in [-0.2, 0) is 26.1 Å². The van der Waals surface area contributed by atoms with Crippen LogP contribution in [0.4, 0.5) is 0 Å². The first-order chi connectivity index (χ1) is 12.4. The van der Waals surface area contributed by atoms with E-state index in [4.69, 9.17) is 13.9 Å². The summed E-state index contributed by atoms with van der Waals surface area (Å²) < 4.78 is 42.6. The zero-order chi connectivity index (χ0) is 18.7. The predicted molar refractivity (Wildman–Crippen MR) is 93.3 cm³/mol. The second-order valence-corrected chi connectivity index (χ2v) is 8.00. The molecule has 0 atom stereocenters. The summed E-state index contributed by atoms with van der Waals surface area (Å²) >= 11 is 0. The van der Waals surface area contributed by atoms with Gasteiger partial charge in [-0.15, -0.1) is 0 Å². The van der Waals surface area contributed by atoms with E-state index >= 15 is 0 Å². The van der Waals surface area contributed by atoms with Crippen molar-refractivity contribution in [1.82, 2.24) is 4.31 Å². The normalized spacial score (nSPS) is 15.8. The number of rotatable bonds is 5. The number of carbonyl (C=O) groups is 1. The number of hydrogen-bond acceptors (Lipinski definition) is 6. The molecule has 7 nitrogen and oxygen atoms in total. The zero-order valence-corrected chi connectivity index (χ0v) is 15.5. The van der Waals surface area contributed by atoms with Gasteiger partial charge in [-0.1, -0.05) is 12.1 Å². The number of aryl methyl sites for hydroxylation is 2. The Hall–Kier alpha value is -2.16. The van der Waals surface area contributed by atoms with E-state index in [0.717, 1.165) is 0 Å². The summed E-state index contributed by atoms with van der Waals surface area (Å²) in [5.74, 6) is 0.630. The maximum Gasteiger partial charge on any atom is 0.342 e. The Morgan fingerprint density at radius 2 is 1.92 bits per heavy atom. The lowest BCUT2D eigenvalue weighted by molar-refractivity contribution is 0.0470. The van der Waals surface area contributed by atoms with E-state index in [0.29, 0.717) is 49.0 Å². The van der Waals surface area contributed by atoms with Crippen molar-refractivity contribution in [2.45, 2.75) is 25.3 Å². The Bertz CT molecular complexity index is 896. The van der Waals surface area contributed by atoms with E-state index in [1.54, 1.807) is 38.1 Å². The number of nitrogens with zero attached hydrogens (tertiary/aromatic N) is 1. The van der Waals surface area contributed by atoms with Crippen LogP contribution in [0.15, 0.2) is 39.6 Å². The molecule has 0 aliphatic carbocycles. The summed E-state index contributed by atoms with van der Waals surface area (Å²) in [6, 6.07) is 8.06. The van der Waals surface area contributed by atoms with Gasteiger partial charge in [0.2, 0.25) is 10.0 Å². The Balaban J connectivity index is 1.71. The summed E-state index contributed by atoms with van der Waals surface area (Å²) in [6.45, 7) is 4.87. The average molecular weight is 379 g/mol. The maximum absolute atomic E-state index is 12.7. The van der Waals surface area contributed by atoms with Gasteiger partial charge >= 0.3 is 5.97 Å². The number of carbonyl (C=O) groups excluding carboxylic acids is 1. The van der Waals surface area contributed by atoms with E-state index in [1.807, 2.05) is 0 Å². The smallest absolute Gasteiger partial charge is 0.342 e. The topological polar surface area (TPSA) is 86.1 Å². The van der Waals surface area contributed by atoms with Gasteiger partial charge in [0.05, 0.1) is 18.1 Å². The fourth-order valence-electron chi connectivity index (χ4n) is 2.79. The van der Waals surface area contributed by atoms with Gasteiger partial charge in [0.25, 0.3) is 0 Å². The molecule has 2 aromatic rings. The minimum Gasteiger partial charge on any atom is -0.466 e. The van der Waals surface area contributed by atoms with Crippen LogP contribution in [0.25, 0.3) is 0 Å². The van der Waals surface area contributed by atoms with Crippen molar-refractivity contribution in [3.63, 3.8) is 0 Å². The van der Waals surface area contributed by atoms with E-state index < -0.39 is 16.0 Å². The van der Waals surface area contributed by atoms with Crippen LogP contribution in [0.3, 0.4) is 0 Å².